The van der Waals surface area contributed by atoms with Gasteiger partial charge in [0, 0.05) is 18.3 Å². The average molecular weight is 422 g/mol. The Bertz CT molecular complexity index is 1090. The van der Waals surface area contributed by atoms with Crippen LogP contribution in [0.15, 0.2) is 42.1 Å². The first-order valence-electron chi connectivity index (χ1n) is 10.5. The fraction of sp³-hybridized carbons (Fsp3) is 0.360. The Morgan fingerprint density at radius 1 is 1.19 bits per heavy atom. The summed E-state index contributed by atoms with van der Waals surface area (Å²) in [6.07, 6.45) is 2.80. The first-order chi connectivity index (χ1) is 14.6. The van der Waals surface area contributed by atoms with Gasteiger partial charge in [0.2, 0.25) is 0 Å². The molecule has 162 valence electrons. The number of hydrogen-bond donors (Lipinski definition) is 1. The minimum atomic E-state index is -0.467. The summed E-state index contributed by atoms with van der Waals surface area (Å²) < 4.78 is 13.1. The fourth-order valence-electron chi connectivity index (χ4n) is 4.53. The molecule has 4 rings (SSSR count). The van der Waals surface area contributed by atoms with E-state index in [-0.39, 0.29) is 29.5 Å². The third-order valence-corrected chi connectivity index (χ3v) is 6.54. The highest BCUT2D eigenvalue weighted by atomic mass is 19.1. The third-order valence-electron chi connectivity index (χ3n) is 6.54. The lowest BCUT2D eigenvalue weighted by Crippen LogP contribution is -2.45. The van der Waals surface area contributed by atoms with Crippen LogP contribution in [0.25, 0.3) is 6.08 Å². The monoisotopic (exact) mass is 421 g/mol. The predicted molar refractivity (Wildman–Crippen MR) is 120 cm³/mol. The van der Waals surface area contributed by atoms with Gasteiger partial charge in [-0.05, 0) is 85.7 Å². The number of nitrogens with one attached hydrogen (secondary N) is 1. The highest BCUT2D eigenvalue weighted by Crippen LogP contribution is 2.43. The van der Waals surface area contributed by atoms with E-state index in [1.165, 1.54) is 23.4 Å². The van der Waals surface area contributed by atoms with Crippen LogP contribution in [0.5, 0.6) is 0 Å². The Labute approximate surface area is 182 Å². The van der Waals surface area contributed by atoms with Crippen molar-refractivity contribution in [2.24, 2.45) is 0 Å². The highest BCUT2D eigenvalue weighted by Gasteiger charge is 2.36. The summed E-state index contributed by atoms with van der Waals surface area (Å²) in [5, 5.41) is 2.69. The molecular formula is C25H28FN3O2. The van der Waals surface area contributed by atoms with E-state index in [1.807, 2.05) is 6.92 Å². The maximum atomic E-state index is 13.1. The van der Waals surface area contributed by atoms with Crippen molar-refractivity contribution in [3.8, 4) is 0 Å². The molecule has 2 aromatic carbocycles. The summed E-state index contributed by atoms with van der Waals surface area (Å²) >= 11 is 0. The largest absolute Gasteiger partial charge is 0.369 e. The van der Waals surface area contributed by atoms with Crippen molar-refractivity contribution in [2.45, 2.75) is 52.1 Å². The number of benzene rings is 2. The number of rotatable bonds is 3. The van der Waals surface area contributed by atoms with Crippen molar-refractivity contribution in [3.63, 3.8) is 0 Å². The second-order valence-electron chi connectivity index (χ2n) is 9.25. The molecule has 2 heterocycles. The molecule has 2 aliphatic rings. The van der Waals surface area contributed by atoms with Crippen molar-refractivity contribution in [1.82, 2.24) is 10.2 Å². The smallest absolute Gasteiger partial charge is 0.329 e. The molecule has 3 amide bonds. The number of anilines is 1. The van der Waals surface area contributed by atoms with Crippen LogP contribution >= 0.6 is 0 Å². The van der Waals surface area contributed by atoms with Crippen molar-refractivity contribution in [3.05, 3.63) is 70.2 Å². The standard InChI is InChI=1S/C25H28FN3O2/c1-15-10-22-20(16(2)13-25(3,4)28(22)5)11-18(15)12-21-23(30)29(24(31)27-21)14-17-6-8-19(26)9-7-17/h6-12,16H,13-14H2,1-5H3,(H,27,31)/b21-12-. The Balaban J connectivity index is 1.63. The molecule has 6 heteroatoms. The minimum absolute atomic E-state index is 0.0785. The maximum absolute atomic E-state index is 13.1. The van der Waals surface area contributed by atoms with E-state index < -0.39 is 6.03 Å². The number of fused-ring (bicyclic) bond motifs is 1. The third kappa shape index (κ3) is 3.82. The minimum Gasteiger partial charge on any atom is -0.369 e. The zero-order chi connectivity index (χ0) is 22.5. The Kier molecular flexibility index (Phi) is 5.12. The van der Waals surface area contributed by atoms with E-state index in [1.54, 1.807) is 18.2 Å². The summed E-state index contributed by atoms with van der Waals surface area (Å²) in [6.45, 7) is 8.85. The van der Waals surface area contributed by atoms with Gasteiger partial charge in [-0.15, -0.1) is 0 Å². The van der Waals surface area contributed by atoms with E-state index in [0.29, 0.717) is 11.5 Å². The molecule has 0 spiro atoms. The number of amides is 3. The molecule has 0 bridgehead atoms. The van der Waals surface area contributed by atoms with Gasteiger partial charge < -0.3 is 10.2 Å². The van der Waals surface area contributed by atoms with Crippen molar-refractivity contribution >= 4 is 23.7 Å². The van der Waals surface area contributed by atoms with Crippen LogP contribution in [0, 0.1) is 12.7 Å². The lowest BCUT2D eigenvalue weighted by molar-refractivity contribution is -0.123. The summed E-state index contributed by atoms with van der Waals surface area (Å²) in [6, 6.07) is 9.62. The molecule has 1 unspecified atom stereocenters. The topological polar surface area (TPSA) is 52.7 Å². The molecule has 2 aromatic rings. The molecule has 0 saturated carbocycles. The SMILES string of the molecule is Cc1cc2c(cc1/C=C1\NC(=O)N(Cc3ccc(F)cc3)C1=O)C(C)CC(C)(C)N2C. The second kappa shape index (κ2) is 7.52. The van der Waals surface area contributed by atoms with E-state index in [0.717, 1.165) is 22.4 Å². The van der Waals surface area contributed by atoms with Gasteiger partial charge >= 0.3 is 6.03 Å². The first kappa shape index (κ1) is 21.1. The zero-order valence-corrected chi connectivity index (χ0v) is 18.6. The summed E-state index contributed by atoms with van der Waals surface area (Å²) in [5.74, 6) is -0.340. The Morgan fingerprint density at radius 3 is 2.55 bits per heavy atom. The van der Waals surface area contributed by atoms with Crippen LogP contribution in [0.4, 0.5) is 14.9 Å². The van der Waals surface area contributed by atoms with Crippen LogP contribution in [-0.4, -0.2) is 29.4 Å². The number of imide groups is 1. The quantitative estimate of drug-likeness (QED) is 0.564. The van der Waals surface area contributed by atoms with E-state index in [2.05, 4.69) is 50.2 Å². The van der Waals surface area contributed by atoms with Gasteiger partial charge in [-0.2, -0.15) is 0 Å². The molecule has 0 aliphatic carbocycles. The number of halogens is 1. The molecule has 1 fully saturated rings. The van der Waals surface area contributed by atoms with Crippen LogP contribution in [-0.2, 0) is 11.3 Å². The molecule has 1 saturated heterocycles. The van der Waals surface area contributed by atoms with Gasteiger partial charge in [-0.3, -0.25) is 9.69 Å². The maximum Gasteiger partial charge on any atom is 0.329 e. The summed E-state index contributed by atoms with van der Waals surface area (Å²) in [7, 11) is 2.12. The Morgan fingerprint density at radius 2 is 1.87 bits per heavy atom. The summed E-state index contributed by atoms with van der Waals surface area (Å²) in [4.78, 5) is 28.8. The number of aryl methyl sites for hydroxylation is 1. The Hall–Kier alpha value is -3.15. The highest BCUT2D eigenvalue weighted by molar-refractivity contribution is 6.14. The number of urea groups is 1. The van der Waals surface area contributed by atoms with E-state index >= 15 is 0 Å². The molecule has 0 aromatic heterocycles. The molecular weight excluding hydrogens is 393 g/mol. The van der Waals surface area contributed by atoms with Crippen molar-refractivity contribution in [2.75, 3.05) is 11.9 Å². The van der Waals surface area contributed by atoms with E-state index in [9.17, 15) is 14.0 Å². The first-order valence-corrected chi connectivity index (χ1v) is 10.5. The second-order valence-corrected chi connectivity index (χ2v) is 9.25. The van der Waals surface area contributed by atoms with Gasteiger partial charge in [0.25, 0.3) is 5.91 Å². The normalized spacial score (nSPS) is 21.5. The fourth-order valence-corrected chi connectivity index (χ4v) is 4.53. The van der Waals surface area contributed by atoms with Crippen molar-refractivity contribution in [1.29, 1.82) is 0 Å². The molecule has 5 nitrogen and oxygen atoms in total. The lowest BCUT2D eigenvalue weighted by Gasteiger charge is -2.45. The van der Waals surface area contributed by atoms with Crippen LogP contribution < -0.4 is 10.2 Å². The van der Waals surface area contributed by atoms with Crippen LogP contribution in [0.1, 0.15) is 55.4 Å². The number of carbonyl (C=O) groups excluding carboxylic acids is 2. The van der Waals surface area contributed by atoms with Crippen LogP contribution in [0.3, 0.4) is 0 Å². The molecule has 2 aliphatic heterocycles. The molecule has 1 N–H and O–H groups in total. The number of nitrogens with zero attached hydrogens (tertiary/aromatic N) is 2. The van der Waals surface area contributed by atoms with Gasteiger partial charge in [0.1, 0.15) is 11.5 Å². The summed E-state index contributed by atoms with van der Waals surface area (Å²) in [5.41, 5.74) is 5.45. The van der Waals surface area contributed by atoms with Gasteiger partial charge in [0.15, 0.2) is 0 Å². The van der Waals surface area contributed by atoms with Crippen molar-refractivity contribution < 1.29 is 14.0 Å². The van der Waals surface area contributed by atoms with Gasteiger partial charge in [0.05, 0.1) is 6.54 Å². The van der Waals surface area contributed by atoms with Crippen LogP contribution in [0.2, 0.25) is 0 Å². The van der Waals surface area contributed by atoms with E-state index in [4.69, 9.17) is 0 Å². The zero-order valence-electron chi connectivity index (χ0n) is 18.6. The number of carbonyl (C=O) groups is 2. The lowest BCUT2D eigenvalue weighted by atomic mass is 9.79. The predicted octanol–water partition coefficient (Wildman–Crippen LogP) is 4.95. The molecule has 31 heavy (non-hydrogen) atoms. The molecule has 1 atom stereocenters. The van der Waals surface area contributed by atoms with Gasteiger partial charge in [-0.1, -0.05) is 19.1 Å². The number of hydrogen-bond acceptors (Lipinski definition) is 3. The molecule has 0 radical (unpaired) electrons. The van der Waals surface area contributed by atoms with Gasteiger partial charge in [-0.25, -0.2) is 9.18 Å². The average Bonchev–Trinajstić information content (AvgIpc) is 2.96.